The van der Waals surface area contributed by atoms with Crippen LogP contribution in [0.3, 0.4) is 0 Å². The molecule has 0 unspecified atom stereocenters. The van der Waals surface area contributed by atoms with E-state index < -0.39 is 0 Å². The Labute approximate surface area is 173 Å². The van der Waals surface area contributed by atoms with Crippen molar-refractivity contribution < 1.29 is 9.53 Å². The monoisotopic (exact) mass is 414 g/mol. The van der Waals surface area contributed by atoms with Crippen LogP contribution in [0.15, 0.2) is 36.4 Å². The van der Waals surface area contributed by atoms with E-state index in [9.17, 15) is 4.79 Å². The van der Waals surface area contributed by atoms with Gasteiger partial charge >= 0.3 is 0 Å². The van der Waals surface area contributed by atoms with Crippen molar-refractivity contribution >= 4 is 29.0 Å². The molecule has 0 aliphatic carbocycles. The lowest BCUT2D eigenvalue weighted by atomic mass is 9.96. The van der Waals surface area contributed by atoms with Gasteiger partial charge < -0.3 is 15.0 Å². The van der Waals surface area contributed by atoms with Gasteiger partial charge in [-0.15, -0.1) is 15.3 Å². The summed E-state index contributed by atoms with van der Waals surface area (Å²) in [6, 6.07) is 11.3. The maximum absolute atomic E-state index is 12.3. The molecule has 0 spiro atoms. The third kappa shape index (κ3) is 4.33. The smallest absolute Gasteiger partial charge is 0.223 e. The average Bonchev–Trinajstić information content (AvgIpc) is 3.18. The third-order valence-electron chi connectivity index (χ3n) is 5.15. The molecule has 1 N–H and O–H groups in total. The number of methoxy groups -OCH3 is 1. The van der Waals surface area contributed by atoms with Crippen LogP contribution < -0.4 is 10.2 Å². The van der Waals surface area contributed by atoms with E-state index in [1.807, 2.05) is 36.4 Å². The summed E-state index contributed by atoms with van der Waals surface area (Å²) < 4.78 is 6.73. The fraction of sp³-hybridized carbons (Fsp3) is 0.400. The minimum atomic E-state index is 0.0337. The number of ether oxygens (including phenoxy) is 1. The van der Waals surface area contributed by atoms with Crippen LogP contribution >= 0.6 is 11.6 Å². The second-order valence-corrected chi connectivity index (χ2v) is 7.47. The van der Waals surface area contributed by atoms with Gasteiger partial charge in [-0.05, 0) is 49.2 Å². The summed E-state index contributed by atoms with van der Waals surface area (Å²) in [4.78, 5) is 14.4. The molecular weight excluding hydrogens is 392 g/mol. The molecule has 1 amide bonds. The van der Waals surface area contributed by atoms with E-state index in [-0.39, 0.29) is 11.8 Å². The molecule has 9 heteroatoms. The van der Waals surface area contributed by atoms with Gasteiger partial charge in [0.05, 0.1) is 6.61 Å². The molecule has 29 heavy (non-hydrogen) atoms. The molecule has 1 aliphatic heterocycles. The third-order valence-corrected chi connectivity index (χ3v) is 5.40. The summed E-state index contributed by atoms with van der Waals surface area (Å²) in [6.45, 7) is 2.64. The van der Waals surface area contributed by atoms with Gasteiger partial charge in [-0.1, -0.05) is 11.6 Å². The number of amides is 1. The molecule has 3 aromatic rings. The van der Waals surface area contributed by atoms with Gasteiger partial charge in [-0.2, -0.15) is 4.52 Å². The molecule has 1 aliphatic rings. The maximum atomic E-state index is 12.3. The van der Waals surface area contributed by atoms with E-state index in [1.54, 1.807) is 11.6 Å². The van der Waals surface area contributed by atoms with Gasteiger partial charge in [0.15, 0.2) is 11.5 Å². The molecule has 1 aromatic carbocycles. The zero-order valence-electron chi connectivity index (χ0n) is 16.2. The normalized spacial score (nSPS) is 15.0. The van der Waals surface area contributed by atoms with Crippen LogP contribution in [0.5, 0.6) is 0 Å². The van der Waals surface area contributed by atoms with Crippen LogP contribution in [0.1, 0.15) is 12.8 Å². The fourth-order valence-electron chi connectivity index (χ4n) is 3.52. The molecule has 3 heterocycles. The first-order valence-corrected chi connectivity index (χ1v) is 10.0. The van der Waals surface area contributed by atoms with Crippen LogP contribution in [-0.2, 0) is 9.53 Å². The number of fused-ring (bicyclic) bond motifs is 1. The Bertz CT molecular complexity index is 982. The molecular formula is C20H23ClN6O2. The molecule has 0 atom stereocenters. The molecule has 0 radical (unpaired) electrons. The number of aromatic nitrogens is 4. The molecule has 0 saturated carbocycles. The van der Waals surface area contributed by atoms with Crippen molar-refractivity contribution in [3.05, 3.63) is 41.4 Å². The number of carbonyl (C=O) groups is 1. The minimum absolute atomic E-state index is 0.0337. The first-order valence-electron chi connectivity index (χ1n) is 9.65. The number of anilines is 1. The highest BCUT2D eigenvalue weighted by Crippen LogP contribution is 2.24. The highest BCUT2D eigenvalue weighted by atomic mass is 35.5. The van der Waals surface area contributed by atoms with Crippen molar-refractivity contribution in [2.45, 2.75) is 12.8 Å². The lowest BCUT2D eigenvalue weighted by molar-refractivity contribution is -0.125. The number of hydrogen-bond donors (Lipinski definition) is 1. The summed E-state index contributed by atoms with van der Waals surface area (Å²) in [5.74, 6) is 1.66. The summed E-state index contributed by atoms with van der Waals surface area (Å²) in [5, 5.41) is 16.8. The summed E-state index contributed by atoms with van der Waals surface area (Å²) in [7, 11) is 1.63. The Morgan fingerprint density at radius 2 is 1.93 bits per heavy atom. The van der Waals surface area contributed by atoms with Crippen molar-refractivity contribution in [3.63, 3.8) is 0 Å². The summed E-state index contributed by atoms with van der Waals surface area (Å²) in [6.07, 6.45) is 1.59. The lowest BCUT2D eigenvalue weighted by Crippen LogP contribution is -2.41. The Balaban J connectivity index is 1.47. The van der Waals surface area contributed by atoms with Gasteiger partial charge in [0.2, 0.25) is 5.91 Å². The number of rotatable bonds is 6. The van der Waals surface area contributed by atoms with E-state index >= 15 is 0 Å². The average molecular weight is 415 g/mol. The summed E-state index contributed by atoms with van der Waals surface area (Å²) in [5.41, 5.74) is 1.59. The lowest BCUT2D eigenvalue weighted by Gasteiger charge is -2.32. The number of carbonyl (C=O) groups excluding carboxylic acids is 1. The quantitative estimate of drug-likeness (QED) is 0.623. The van der Waals surface area contributed by atoms with E-state index in [2.05, 4.69) is 20.4 Å². The van der Waals surface area contributed by atoms with Gasteiger partial charge in [0, 0.05) is 43.2 Å². The SMILES string of the molecule is COCCNC(=O)C1CCN(c2ccc3nnc(-c4ccc(Cl)cc4)n3n2)CC1. The topological polar surface area (TPSA) is 84.6 Å². The van der Waals surface area contributed by atoms with Gasteiger partial charge in [-0.3, -0.25) is 4.79 Å². The molecule has 0 bridgehead atoms. The van der Waals surface area contributed by atoms with Gasteiger partial charge in [-0.25, -0.2) is 0 Å². The predicted octanol–water partition coefficient (Wildman–Crippen LogP) is 2.42. The zero-order valence-corrected chi connectivity index (χ0v) is 17.0. The maximum Gasteiger partial charge on any atom is 0.223 e. The van der Waals surface area contributed by atoms with Gasteiger partial charge in [0.1, 0.15) is 5.82 Å². The number of benzene rings is 1. The molecule has 2 aromatic heterocycles. The number of piperidine rings is 1. The molecule has 152 valence electrons. The predicted molar refractivity (Wildman–Crippen MR) is 111 cm³/mol. The van der Waals surface area contributed by atoms with Crippen molar-refractivity contribution in [2.24, 2.45) is 5.92 Å². The fourth-order valence-corrected chi connectivity index (χ4v) is 3.64. The van der Waals surface area contributed by atoms with Crippen LogP contribution in [0, 0.1) is 5.92 Å². The Hall–Kier alpha value is -2.71. The van der Waals surface area contributed by atoms with Crippen molar-refractivity contribution in [1.29, 1.82) is 0 Å². The largest absolute Gasteiger partial charge is 0.383 e. The molecule has 1 saturated heterocycles. The van der Waals surface area contributed by atoms with Crippen LogP contribution in [0.25, 0.3) is 17.0 Å². The Morgan fingerprint density at radius 3 is 2.66 bits per heavy atom. The highest BCUT2D eigenvalue weighted by molar-refractivity contribution is 6.30. The second kappa shape index (κ2) is 8.75. The van der Waals surface area contributed by atoms with Crippen LogP contribution in [-0.4, -0.2) is 59.1 Å². The van der Waals surface area contributed by atoms with E-state index in [4.69, 9.17) is 21.4 Å². The molecule has 4 rings (SSSR count). The van der Waals surface area contributed by atoms with Crippen LogP contribution in [0.2, 0.25) is 5.02 Å². The molecule has 8 nitrogen and oxygen atoms in total. The van der Waals surface area contributed by atoms with Crippen molar-refractivity contribution in [2.75, 3.05) is 38.3 Å². The van der Waals surface area contributed by atoms with E-state index in [1.165, 1.54) is 0 Å². The van der Waals surface area contributed by atoms with E-state index in [0.717, 1.165) is 37.3 Å². The van der Waals surface area contributed by atoms with Crippen molar-refractivity contribution in [3.8, 4) is 11.4 Å². The standard InChI is InChI=1S/C20H23ClN6O2/c1-29-13-10-22-20(28)15-8-11-26(12-9-15)18-7-6-17-23-24-19(27(17)25-18)14-2-4-16(21)5-3-14/h2-7,15H,8-13H2,1H3,(H,22,28). The van der Waals surface area contributed by atoms with Crippen molar-refractivity contribution in [1.82, 2.24) is 25.1 Å². The first-order chi connectivity index (χ1) is 14.2. The number of nitrogens with zero attached hydrogens (tertiary/aromatic N) is 5. The second-order valence-electron chi connectivity index (χ2n) is 7.04. The van der Waals surface area contributed by atoms with Gasteiger partial charge in [0.25, 0.3) is 0 Å². The summed E-state index contributed by atoms with van der Waals surface area (Å²) >= 11 is 5.99. The Morgan fingerprint density at radius 1 is 1.17 bits per heavy atom. The number of halogens is 1. The van der Waals surface area contributed by atoms with E-state index in [0.29, 0.717) is 29.6 Å². The van der Waals surface area contributed by atoms with Crippen LogP contribution in [0.4, 0.5) is 5.82 Å². The highest BCUT2D eigenvalue weighted by Gasteiger charge is 2.25. The minimum Gasteiger partial charge on any atom is -0.383 e. The molecule has 1 fully saturated rings. The Kier molecular flexibility index (Phi) is 5.92. The number of nitrogens with one attached hydrogen (secondary N) is 1. The first kappa shape index (κ1) is 19.6. The zero-order chi connectivity index (χ0) is 20.2. The number of hydrogen-bond acceptors (Lipinski definition) is 6.